The lowest BCUT2D eigenvalue weighted by atomic mass is 10.2. The molecule has 2 aromatic rings. The van der Waals surface area contributed by atoms with E-state index in [9.17, 15) is 8.78 Å². The van der Waals surface area contributed by atoms with Crippen LogP contribution in [0.25, 0.3) is 0 Å². The molecule has 0 spiro atoms. The average Bonchev–Trinajstić information content (AvgIpc) is 2.76. The molecule has 0 unspecified atom stereocenters. The topological polar surface area (TPSA) is 12.0 Å². The van der Waals surface area contributed by atoms with Crippen LogP contribution in [-0.2, 0) is 13.1 Å². The van der Waals surface area contributed by atoms with Crippen molar-refractivity contribution in [2.45, 2.75) is 13.1 Å². The van der Waals surface area contributed by atoms with E-state index in [1.165, 1.54) is 10.9 Å². The molecule has 1 aromatic heterocycles. The lowest BCUT2D eigenvalue weighted by molar-refractivity contribution is 0.506. The van der Waals surface area contributed by atoms with Crippen molar-refractivity contribution in [1.82, 2.24) is 5.32 Å². The monoisotopic (exact) mass is 239 g/mol. The summed E-state index contributed by atoms with van der Waals surface area (Å²) in [5.74, 6) is -1.60. The Bertz CT molecular complexity index is 454. The van der Waals surface area contributed by atoms with E-state index in [1.54, 1.807) is 17.4 Å². The Hall–Kier alpha value is -1.26. The van der Waals surface area contributed by atoms with Gasteiger partial charge in [-0.25, -0.2) is 8.78 Å². The Kier molecular flexibility index (Phi) is 3.64. The molecular formula is C12H11F2NS. The van der Waals surface area contributed by atoms with Gasteiger partial charge in [-0.2, -0.15) is 0 Å². The maximum atomic E-state index is 12.9. The van der Waals surface area contributed by atoms with E-state index in [-0.39, 0.29) is 0 Å². The van der Waals surface area contributed by atoms with Crippen LogP contribution in [0.1, 0.15) is 10.4 Å². The average molecular weight is 239 g/mol. The predicted molar refractivity (Wildman–Crippen MR) is 61.2 cm³/mol. The molecule has 0 aliphatic rings. The Morgan fingerprint density at radius 1 is 1.06 bits per heavy atom. The first kappa shape index (κ1) is 11.2. The van der Waals surface area contributed by atoms with Gasteiger partial charge in [-0.1, -0.05) is 12.1 Å². The minimum Gasteiger partial charge on any atom is -0.308 e. The molecule has 0 saturated carbocycles. The van der Waals surface area contributed by atoms with Gasteiger partial charge in [-0.15, -0.1) is 11.3 Å². The number of hydrogen-bond acceptors (Lipinski definition) is 2. The molecule has 84 valence electrons. The molecule has 0 fully saturated rings. The van der Waals surface area contributed by atoms with Crippen molar-refractivity contribution in [3.63, 3.8) is 0 Å². The number of benzene rings is 1. The highest BCUT2D eigenvalue weighted by molar-refractivity contribution is 7.09. The summed E-state index contributed by atoms with van der Waals surface area (Å²) < 4.78 is 25.5. The molecule has 0 radical (unpaired) electrons. The van der Waals surface area contributed by atoms with Crippen molar-refractivity contribution in [2.24, 2.45) is 0 Å². The fraction of sp³-hybridized carbons (Fsp3) is 0.167. The van der Waals surface area contributed by atoms with Gasteiger partial charge in [-0.05, 0) is 29.1 Å². The molecule has 0 aliphatic carbocycles. The second kappa shape index (κ2) is 5.18. The summed E-state index contributed by atoms with van der Waals surface area (Å²) in [7, 11) is 0. The summed E-state index contributed by atoms with van der Waals surface area (Å²) in [5.41, 5.74) is 0.746. The fourth-order valence-electron chi connectivity index (χ4n) is 1.39. The highest BCUT2D eigenvalue weighted by atomic mass is 32.1. The van der Waals surface area contributed by atoms with Crippen molar-refractivity contribution < 1.29 is 8.78 Å². The standard InChI is InChI=1S/C12H11F2NS/c13-11-4-3-9(6-12(11)14)7-15-8-10-2-1-5-16-10/h1-6,15H,7-8H2. The maximum Gasteiger partial charge on any atom is 0.159 e. The molecule has 16 heavy (non-hydrogen) atoms. The molecule has 0 atom stereocenters. The van der Waals surface area contributed by atoms with Crippen molar-refractivity contribution in [1.29, 1.82) is 0 Å². The zero-order valence-electron chi connectivity index (χ0n) is 8.54. The van der Waals surface area contributed by atoms with E-state index < -0.39 is 11.6 Å². The zero-order chi connectivity index (χ0) is 11.4. The zero-order valence-corrected chi connectivity index (χ0v) is 9.36. The Labute approximate surface area is 96.7 Å². The SMILES string of the molecule is Fc1ccc(CNCc2cccs2)cc1F. The second-order valence-electron chi connectivity index (χ2n) is 3.43. The van der Waals surface area contributed by atoms with Crippen LogP contribution in [0.3, 0.4) is 0 Å². The Morgan fingerprint density at radius 2 is 1.94 bits per heavy atom. The number of hydrogen-bond donors (Lipinski definition) is 1. The van der Waals surface area contributed by atoms with Gasteiger partial charge in [-0.3, -0.25) is 0 Å². The van der Waals surface area contributed by atoms with Crippen LogP contribution >= 0.6 is 11.3 Å². The van der Waals surface area contributed by atoms with E-state index >= 15 is 0 Å². The number of nitrogens with one attached hydrogen (secondary N) is 1. The largest absolute Gasteiger partial charge is 0.308 e. The van der Waals surface area contributed by atoms with Gasteiger partial charge in [0.15, 0.2) is 11.6 Å². The number of rotatable bonds is 4. The summed E-state index contributed by atoms with van der Waals surface area (Å²) in [6.45, 7) is 1.28. The molecule has 0 aliphatic heterocycles. The molecule has 0 bridgehead atoms. The fourth-order valence-corrected chi connectivity index (χ4v) is 2.07. The summed E-state index contributed by atoms with van der Waals surface area (Å²) in [6.07, 6.45) is 0. The third kappa shape index (κ3) is 2.87. The van der Waals surface area contributed by atoms with Gasteiger partial charge in [0.2, 0.25) is 0 Å². The minimum absolute atomic E-state index is 0.537. The summed E-state index contributed by atoms with van der Waals surface area (Å²) in [4.78, 5) is 1.22. The second-order valence-corrected chi connectivity index (χ2v) is 4.46. The van der Waals surface area contributed by atoms with Gasteiger partial charge in [0, 0.05) is 18.0 Å². The van der Waals surface area contributed by atoms with Gasteiger partial charge in [0.05, 0.1) is 0 Å². The van der Waals surface area contributed by atoms with E-state index in [4.69, 9.17) is 0 Å². The van der Waals surface area contributed by atoms with E-state index in [1.807, 2.05) is 17.5 Å². The van der Waals surface area contributed by atoms with Crippen LogP contribution < -0.4 is 5.32 Å². The van der Waals surface area contributed by atoms with Crippen LogP contribution in [-0.4, -0.2) is 0 Å². The molecule has 1 nitrogen and oxygen atoms in total. The molecule has 1 N–H and O–H groups in total. The van der Waals surface area contributed by atoms with Crippen molar-refractivity contribution in [3.8, 4) is 0 Å². The van der Waals surface area contributed by atoms with Crippen molar-refractivity contribution >= 4 is 11.3 Å². The molecule has 4 heteroatoms. The highest BCUT2D eigenvalue weighted by Gasteiger charge is 2.02. The summed E-state index contributed by atoms with van der Waals surface area (Å²) in [6, 6.07) is 7.97. The van der Waals surface area contributed by atoms with Gasteiger partial charge in [0.25, 0.3) is 0 Å². The molecule has 0 saturated heterocycles. The minimum atomic E-state index is -0.804. The normalized spacial score (nSPS) is 10.6. The van der Waals surface area contributed by atoms with Gasteiger partial charge >= 0.3 is 0 Å². The first-order valence-electron chi connectivity index (χ1n) is 4.93. The quantitative estimate of drug-likeness (QED) is 0.863. The Morgan fingerprint density at radius 3 is 2.62 bits per heavy atom. The molecule has 0 amide bonds. The molecule has 2 rings (SSSR count). The lowest BCUT2D eigenvalue weighted by Gasteiger charge is -2.03. The van der Waals surface area contributed by atoms with Crippen molar-refractivity contribution in [3.05, 3.63) is 57.8 Å². The van der Waals surface area contributed by atoms with Crippen molar-refractivity contribution in [2.75, 3.05) is 0 Å². The van der Waals surface area contributed by atoms with Gasteiger partial charge in [0.1, 0.15) is 0 Å². The third-order valence-corrected chi connectivity index (χ3v) is 3.07. The first-order valence-corrected chi connectivity index (χ1v) is 5.81. The molecule has 1 heterocycles. The predicted octanol–water partition coefficient (Wildman–Crippen LogP) is 3.32. The smallest absolute Gasteiger partial charge is 0.159 e. The summed E-state index contributed by atoms with van der Waals surface area (Å²) >= 11 is 1.67. The number of thiophene rings is 1. The lowest BCUT2D eigenvalue weighted by Crippen LogP contribution is -2.11. The molecular weight excluding hydrogens is 228 g/mol. The van der Waals surface area contributed by atoms with Crippen LogP contribution in [0.15, 0.2) is 35.7 Å². The molecule has 1 aromatic carbocycles. The Balaban J connectivity index is 1.87. The van der Waals surface area contributed by atoms with Crippen LogP contribution in [0.5, 0.6) is 0 Å². The number of halogens is 2. The maximum absolute atomic E-state index is 12.9. The first-order chi connectivity index (χ1) is 7.75. The van der Waals surface area contributed by atoms with E-state index in [0.29, 0.717) is 6.54 Å². The third-order valence-electron chi connectivity index (χ3n) is 2.19. The van der Waals surface area contributed by atoms with Crippen LogP contribution in [0.4, 0.5) is 8.78 Å². The highest BCUT2D eigenvalue weighted by Crippen LogP contribution is 2.10. The summed E-state index contributed by atoms with van der Waals surface area (Å²) in [5, 5.41) is 5.18. The van der Waals surface area contributed by atoms with Crippen LogP contribution in [0.2, 0.25) is 0 Å². The van der Waals surface area contributed by atoms with E-state index in [2.05, 4.69) is 5.32 Å². The van der Waals surface area contributed by atoms with Gasteiger partial charge < -0.3 is 5.32 Å². The van der Waals surface area contributed by atoms with Crippen LogP contribution in [0, 0.1) is 11.6 Å². The van der Waals surface area contributed by atoms with E-state index in [0.717, 1.165) is 18.2 Å².